The highest BCUT2D eigenvalue weighted by atomic mass is 16.5. The summed E-state index contributed by atoms with van der Waals surface area (Å²) in [4.78, 5) is 0. The first-order valence-corrected chi connectivity index (χ1v) is 6.88. The summed E-state index contributed by atoms with van der Waals surface area (Å²) in [6, 6.07) is 0.266. The summed E-state index contributed by atoms with van der Waals surface area (Å²) in [6.45, 7) is 2.03. The Morgan fingerprint density at radius 3 is 3.00 bits per heavy atom. The Kier molecular flexibility index (Phi) is 3.21. The molecule has 1 aromatic rings. The quantitative estimate of drug-likeness (QED) is 0.872. The van der Waals surface area contributed by atoms with Crippen LogP contribution >= 0.6 is 0 Å². The van der Waals surface area contributed by atoms with Crippen molar-refractivity contribution in [3.8, 4) is 0 Å². The Morgan fingerprint density at radius 1 is 1.29 bits per heavy atom. The lowest BCUT2D eigenvalue weighted by Crippen LogP contribution is -2.15. The predicted molar refractivity (Wildman–Crippen MR) is 67.9 cm³/mol. The summed E-state index contributed by atoms with van der Waals surface area (Å²) < 4.78 is 7.98. The van der Waals surface area contributed by atoms with E-state index in [4.69, 9.17) is 10.5 Å². The third-order valence-corrected chi connectivity index (χ3v) is 4.09. The average Bonchev–Trinajstić information content (AvgIpc) is 2.95. The molecular weight excluding hydrogens is 212 g/mol. The standard InChI is InChI=1S/C14H22N2O/c15-14-5-1-3-11-9-16(10-13(11)14)7-6-12-4-2-8-17-12/h9-10,12,14H,1-8,15H2. The molecule has 0 radical (unpaired) electrons. The summed E-state index contributed by atoms with van der Waals surface area (Å²) in [6.07, 6.45) is 12.2. The molecule has 1 saturated heterocycles. The Morgan fingerprint density at radius 2 is 2.24 bits per heavy atom. The fourth-order valence-electron chi connectivity index (χ4n) is 3.08. The van der Waals surface area contributed by atoms with Crippen LogP contribution in [0.2, 0.25) is 0 Å². The van der Waals surface area contributed by atoms with E-state index in [2.05, 4.69) is 17.0 Å². The molecule has 0 spiro atoms. The van der Waals surface area contributed by atoms with Crippen LogP contribution in [0.15, 0.2) is 12.4 Å². The minimum absolute atomic E-state index is 0.266. The molecule has 17 heavy (non-hydrogen) atoms. The number of aromatic nitrogens is 1. The highest BCUT2D eigenvalue weighted by molar-refractivity contribution is 5.29. The third kappa shape index (κ3) is 2.40. The van der Waals surface area contributed by atoms with Crippen molar-refractivity contribution in [3.05, 3.63) is 23.5 Å². The molecule has 0 bridgehead atoms. The summed E-state index contributed by atoms with van der Waals surface area (Å²) in [5.41, 5.74) is 8.99. The number of ether oxygens (including phenoxy) is 1. The molecule has 3 rings (SSSR count). The Bertz CT molecular complexity index is 380. The minimum atomic E-state index is 0.266. The SMILES string of the molecule is NC1CCCc2cn(CCC3CCCO3)cc21. The first-order valence-electron chi connectivity index (χ1n) is 6.88. The van der Waals surface area contributed by atoms with Crippen LogP contribution in [0.1, 0.15) is 49.3 Å². The van der Waals surface area contributed by atoms with Crippen LogP contribution in [-0.4, -0.2) is 17.3 Å². The summed E-state index contributed by atoms with van der Waals surface area (Å²) in [5, 5.41) is 0. The van der Waals surface area contributed by atoms with Crippen molar-refractivity contribution in [1.82, 2.24) is 4.57 Å². The number of nitrogens with zero attached hydrogens (tertiary/aromatic N) is 1. The van der Waals surface area contributed by atoms with E-state index in [0.717, 1.165) is 26.0 Å². The van der Waals surface area contributed by atoms with Gasteiger partial charge in [0.25, 0.3) is 0 Å². The molecule has 94 valence electrons. The molecule has 3 nitrogen and oxygen atoms in total. The van der Waals surface area contributed by atoms with Crippen LogP contribution in [-0.2, 0) is 17.7 Å². The highest BCUT2D eigenvalue weighted by Crippen LogP contribution is 2.29. The molecule has 0 saturated carbocycles. The average molecular weight is 234 g/mol. The van der Waals surface area contributed by atoms with Crippen molar-refractivity contribution < 1.29 is 4.74 Å². The van der Waals surface area contributed by atoms with Crippen LogP contribution in [0.4, 0.5) is 0 Å². The molecule has 0 amide bonds. The van der Waals surface area contributed by atoms with E-state index < -0.39 is 0 Å². The van der Waals surface area contributed by atoms with Crippen molar-refractivity contribution >= 4 is 0 Å². The maximum atomic E-state index is 6.14. The van der Waals surface area contributed by atoms with Crippen LogP contribution in [0, 0.1) is 0 Å². The Hall–Kier alpha value is -0.800. The number of nitrogens with two attached hydrogens (primary N) is 1. The summed E-state index contributed by atoms with van der Waals surface area (Å²) >= 11 is 0. The molecule has 1 aromatic heterocycles. The third-order valence-electron chi connectivity index (χ3n) is 4.09. The molecule has 2 unspecified atom stereocenters. The molecular formula is C14H22N2O. The number of aryl methyl sites for hydroxylation is 2. The van der Waals surface area contributed by atoms with Gasteiger partial charge in [0.1, 0.15) is 0 Å². The molecule has 1 fully saturated rings. The van der Waals surface area contributed by atoms with Crippen molar-refractivity contribution in [1.29, 1.82) is 0 Å². The van der Waals surface area contributed by atoms with E-state index in [0.29, 0.717) is 6.10 Å². The Balaban J connectivity index is 1.63. The van der Waals surface area contributed by atoms with Crippen molar-refractivity contribution in [2.75, 3.05) is 6.61 Å². The lowest BCUT2D eigenvalue weighted by Gasteiger charge is -2.17. The van der Waals surface area contributed by atoms with E-state index in [1.54, 1.807) is 0 Å². The van der Waals surface area contributed by atoms with E-state index in [1.807, 2.05) is 0 Å². The second kappa shape index (κ2) is 4.83. The highest BCUT2D eigenvalue weighted by Gasteiger charge is 2.19. The van der Waals surface area contributed by atoms with E-state index >= 15 is 0 Å². The molecule has 2 aliphatic rings. The van der Waals surface area contributed by atoms with Crippen LogP contribution in [0.3, 0.4) is 0 Å². The number of hydrogen-bond donors (Lipinski definition) is 1. The van der Waals surface area contributed by atoms with Gasteiger partial charge in [-0.1, -0.05) is 0 Å². The van der Waals surface area contributed by atoms with Crippen LogP contribution in [0.25, 0.3) is 0 Å². The van der Waals surface area contributed by atoms with Crippen LogP contribution < -0.4 is 5.73 Å². The van der Waals surface area contributed by atoms with Gasteiger partial charge >= 0.3 is 0 Å². The van der Waals surface area contributed by atoms with Crippen molar-refractivity contribution in [3.63, 3.8) is 0 Å². The van der Waals surface area contributed by atoms with Gasteiger partial charge in [0, 0.05) is 31.6 Å². The number of fused-ring (bicyclic) bond motifs is 1. The molecule has 2 heterocycles. The first-order chi connectivity index (χ1) is 8.33. The lowest BCUT2D eigenvalue weighted by atomic mass is 9.92. The smallest absolute Gasteiger partial charge is 0.0593 e. The van der Waals surface area contributed by atoms with Gasteiger partial charge in [0.15, 0.2) is 0 Å². The first kappa shape index (κ1) is 11.3. The summed E-state index contributed by atoms with van der Waals surface area (Å²) in [7, 11) is 0. The molecule has 0 aromatic carbocycles. The fraction of sp³-hybridized carbons (Fsp3) is 0.714. The second-order valence-electron chi connectivity index (χ2n) is 5.40. The van der Waals surface area contributed by atoms with E-state index in [9.17, 15) is 0 Å². The summed E-state index contributed by atoms with van der Waals surface area (Å²) in [5.74, 6) is 0. The zero-order chi connectivity index (χ0) is 11.7. The molecule has 2 N–H and O–H groups in total. The van der Waals surface area contributed by atoms with Crippen molar-refractivity contribution in [2.24, 2.45) is 5.73 Å². The van der Waals surface area contributed by atoms with Gasteiger partial charge in [-0.15, -0.1) is 0 Å². The van der Waals surface area contributed by atoms with Gasteiger partial charge in [0.05, 0.1) is 6.10 Å². The van der Waals surface area contributed by atoms with Gasteiger partial charge in [0.2, 0.25) is 0 Å². The van der Waals surface area contributed by atoms with Crippen molar-refractivity contribution in [2.45, 2.75) is 57.2 Å². The maximum absolute atomic E-state index is 6.14. The normalized spacial score (nSPS) is 28.3. The van der Waals surface area contributed by atoms with Gasteiger partial charge in [-0.3, -0.25) is 0 Å². The zero-order valence-corrected chi connectivity index (χ0v) is 10.4. The zero-order valence-electron chi connectivity index (χ0n) is 10.4. The minimum Gasteiger partial charge on any atom is -0.378 e. The molecule has 1 aliphatic heterocycles. The topological polar surface area (TPSA) is 40.2 Å². The second-order valence-corrected chi connectivity index (χ2v) is 5.40. The lowest BCUT2D eigenvalue weighted by molar-refractivity contribution is 0.100. The van der Waals surface area contributed by atoms with E-state index in [1.165, 1.54) is 36.8 Å². The number of hydrogen-bond acceptors (Lipinski definition) is 2. The Labute approximate surface area is 103 Å². The molecule has 3 heteroatoms. The van der Waals surface area contributed by atoms with Crippen LogP contribution in [0.5, 0.6) is 0 Å². The largest absolute Gasteiger partial charge is 0.378 e. The predicted octanol–water partition coefficient (Wildman–Crippen LogP) is 2.39. The van der Waals surface area contributed by atoms with Gasteiger partial charge < -0.3 is 15.0 Å². The fourth-order valence-corrected chi connectivity index (χ4v) is 3.08. The maximum Gasteiger partial charge on any atom is 0.0593 e. The monoisotopic (exact) mass is 234 g/mol. The van der Waals surface area contributed by atoms with E-state index in [-0.39, 0.29) is 6.04 Å². The van der Waals surface area contributed by atoms with Gasteiger partial charge in [-0.05, 0) is 49.7 Å². The van der Waals surface area contributed by atoms with Gasteiger partial charge in [-0.25, -0.2) is 0 Å². The van der Waals surface area contributed by atoms with Gasteiger partial charge in [-0.2, -0.15) is 0 Å². The molecule has 2 atom stereocenters. The number of rotatable bonds is 3. The molecule has 1 aliphatic carbocycles.